The molecule has 3 rings (SSSR count). The van der Waals surface area contributed by atoms with Gasteiger partial charge in [-0.15, -0.1) is 0 Å². The maximum absolute atomic E-state index is 3.78. The molecule has 1 N–H and O–H groups in total. The molecule has 1 nitrogen and oxygen atoms in total. The zero-order valence-corrected chi connectivity index (χ0v) is 12.9. The molecule has 2 saturated carbocycles. The summed E-state index contributed by atoms with van der Waals surface area (Å²) < 4.78 is 0. The van der Waals surface area contributed by atoms with E-state index in [1.165, 1.54) is 63.5 Å². The van der Waals surface area contributed by atoms with Crippen molar-refractivity contribution in [1.29, 1.82) is 0 Å². The topological polar surface area (TPSA) is 12.0 Å². The lowest BCUT2D eigenvalue weighted by atomic mass is 9.83. The maximum Gasteiger partial charge on any atom is 0.00683 e. The van der Waals surface area contributed by atoms with Crippen molar-refractivity contribution < 1.29 is 0 Å². The third kappa shape index (κ3) is 4.09. The van der Waals surface area contributed by atoms with Gasteiger partial charge in [0.2, 0.25) is 0 Å². The van der Waals surface area contributed by atoms with Crippen LogP contribution in [0.15, 0.2) is 24.3 Å². The van der Waals surface area contributed by atoms with Gasteiger partial charge in [0.25, 0.3) is 0 Å². The number of benzene rings is 1. The monoisotopic (exact) mass is 271 g/mol. The first-order chi connectivity index (χ1) is 9.81. The molecule has 0 aromatic heterocycles. The number of hydrogen-bond acceptors (Lipinski definition) is 1. The third-order valence-corrected chi connectivity index (χ3v) is 5.14. The first-order valence-electron chi connectivity index (χ1n) is 8.60. The number of rotatable bonds is 5. The lowest BCUT2D eigenvalue weighted by Crippen LogP contribution is -2.30. The molecule has 1 heteroatoms. The number of aryl methyl sites for hydroxylation is 1. The molecule has 2 unspecified atom stereocenters. The second-order valence-corrected chi connectivity index (χ2v) is 7.03. The molecule has 1 aromatic carbocycles. The Kier molecular flexibility index (Phi) is 4.77. The van der Waals surface area contributed by atoms with Crippen LogP contribution in [0.5, 0.6) is 0 Å². The average Bonchev–Trinajstić information content (AvgIpc) is 3.24. The summed E-state index contributed by atoms with van der Waals surface area (Å²) in [6, 6.07) is 10.00. The van der Waals surface area contributed by atoms with E-state index in [2.05, 4.69) is 36.5 Å². The molecule has 2 aliphatic rings. The predicted octanol–water partition coefficient (Wildman–Crippen LogP) is 4.49. The van der Waals surface area contributed by atoms with E-state index in [-0.39, 0.29) is 0 Å². The van der Waals surface area contributed by atoms with Crippen LogP contribution in [-0.2, 0) is 6.42 Å². The Bertz CT molecular complexity index is 422. The molecule has 110 valence electrons. The standard InChI is InChI=1S/C19H29N/c1-15-6-5-7-16(12-15)13-17-8-3-2-4-9-18(17)14-20-19-10-11-19/h5-7,12,17-20H,2-4,8-11,13-14H2,1H3. The van der Waals surface area contributed by atoms with E-state index in [0.29, 0.717) is 0 Å². The van der Waals surface area contributed by atoms with Crippen molar-refractivity contribution in [2.75, 3.05) is 6.54 Å². The first-order valence-corrected chi connectivity index (χ1v) is 8.60. The third-order valence-electron chi connectivity index (χ3n) is 5.14. The molecule has 0 bridgehead atoms. The summed E-state index contributed by atoms with van der Waals surface area (Å²) in [5, 5.41) is 3.78. The van der Waals surface area contributed by atoms with Gasteiger partial charge in [-0.3, -0.25) is 0 Å². The molecule has 0 heterocycles. The van der Waals surface area contributed by atoms with Crippen LogP contribution in [0.3, 0.4) is 0 Å². The Morgan fingerprint density at radius 2 is 1.80 bits per heavy atom. The Balaban J connectivity index is 1.62. The van der Waals surface area contributed by atoms with E-state index in [1.54, 1.807) is 5.56 Å². The zero-order valence-electron chi connectivity index (χ0n) is 12.9. The highest BCUT2D eigenvalue weighted by Crippen LogP contribution is 2.32. The SMILES string of the molecule is Cc1cccc(CC2CCCCCC2CNC2CC2)c1. The van der Waals surface area contributed by atoms with E-state index in [9.17, 15) is 0 Å². The van der Waals surface area contributed by atoms with Gasteiger partial charge in [-0.25, -0.2) is 0 Å². The summed E-state index contributed by atoms with van der Waals surface area (Å²) in [5.74, 6) is 1.80. The second kappa shape index (κ2) is 6.76. The number of nitrogens with one attached hydrogen (secondary N) is 1. The van der Waals surface area contributed by atoms with Crippen molar-refractivity contribution in [3.05, 3.63) is 35.4 Å². The van der Waals surface area contributed by atoms with Crippen LogP contribution in [0.4, 0.5) is 0 Å². The van der Waals surface area contributed by atoms with Crippen LogP contribution in [0.2, 0.25) is 0 Å². The zero-order chi connectivity index (χ0) is 13.8. The van der Waals surface area contributed by atoms with Crippen LogP contribution < -0.4 is 5.32 Å². The minimum atomic E-state index is 0.859. The Hall–Kier alpha value is -0.820. The molecule has 0 radical (unpaired) electrons. The van der Waals surface area contributed by atoms with Crippen molar-refractivity contribution in [1.82, 2.24) is 5.32 Å². The van der Waals surface area contributed by atoms with Crippen LogP contribution in [0.1, 0.15) is 56.1 Å². The summed E-state index contributed by atoms with van der Waals surface area (Å²) in [6.07, 6.45) is 11.3. The van der Waals surface area contributed by atoms with Gasteiger partial charge in [-0.1, -0.05) is 49.1 Å². The highest BCUT2D eigenvalue weighted by Gasteiger charge is 2.27. The first kappa shape index (κ1) is 14.1. The maximum atomic E-state index is 3.78. The second-order valence-electron chi connectivity index (χ2n) is 7.03. The highest BCUT2D eigenvalue weighted by atomic mass is 14.9. The van der Waals surface area contributed by atoms with E-state index in [4.69, 9.17) is 0 Å². The summed E-state index contributed by atoms with van der Waals surface area (Å²) in [6.45, 7) is 3.48. The van der Waals surface area contributed by atoms with Gasteiger partial charge < -0.3 is 5.32 Å². The summed E-state index contributed by atoms with van der Waals surface area (Å²) in [4.78, 5) is 0. The van der Waals surface area contributed by atoms with Crippen molar-refractivity contribution in [3.8, 4) is 0 Å². The van der Waals surface area contributed by atoms with Crippen molar-refractivity contribution in [2.45, 2.75) is 64.3 Å². The van der Waals surface area contributed by atoms with Crippen LogP contribution in [0.25, 0.3) is 0 Å². The normalized spacial score (nSPS) is 27.2. The van der Waals surface area contributed by atoms with Crippen LogP contribution >= 0.6 is 0 Å². The molecule has 2 atom stereocenters. The lowest BCUT2D eigenvalue weighted by Gasteiger charge is -2.26. The molecule has 20 heavy (non-hydrogen) atoms. The molecule has 0 saturated heterocycles. The van der Waals surface area contributed by atoms with Gasteiger partial charge in [0.15, 0.2) is 0 Å². The van der Waals surface area contributed by atoms with Crippen LogP contribution in [-0.4, -0.2) is 12.6 Å². The fourth-order valence-corrected chi connectivity index (χ4v) is 3.75. The van der Waals surface area contributed by atoms with Crippen LogP contribution in [0, 0.1) is 18.8 Å². The Labute approximate surface area is 124 Å². The minimum absolute atomic E-state index is 0.859. The molecule has 0 aliphatic heterocycles. The fraction of sp³-hybridized carbons (Fsp3) is 0.684. The molecule has 1 aromatic rings. The average molecular weight is 271 g/mol. The van der Waals surface area contributed by atoms with Gasteiger partial charge in [0.05, 0.1) is 0 Å². The summed E-state index contributed by atoms with van der Waals surface area (Å²) in [5.41, 5.74) is 2.96. The number of hydrogen-bond donors (Lipinski definition) is 1. The largest absolute Gasteiger partial charge is 0.314 e. The van der Waals surface area contributed by atoms with Gasteiger partial charge in [-0.05, 0) is 63.0 Å². The lowest BCUT2D eigenvalue weighted by molar-refractivity contribution is 0.297. The quantitative estimate of drug-likeness (QED) is 0.778. The summed E-state index contributed by atoms with van der Waals surface area (Å²) in [7, 11) is 0. The predicted molar refractivity (Wildman–Crippen MR) is 86.0 cm³/mol. The molecular weight excluding hydrogens is 242 g/mol. The van der Waals surface area contributed by atoms with Crippen molar-refractivity contribution in [3.63, 3.8) is 0 Å². The minimum Gasteiger partial charge on any atom is -0.314 e. The van der Waals surface area contributed by atoms with Gasteiger partial charge in [-0.2, -0.15) is 0 Å². The smallest absolute Gasteiger partial charge is 0.00683 e. The van der Waals surface area contributed by atoms with E-state index in [0.717, 1.165) is 17.9 Å². The molecule has 0 spiro atoms. The van der Waals surface area contributed by atoms with E-state index < -0.39 is 0 Å². The van der Waals surface area contributed by atoms with Gasteiger partial charge >= 0.3 is 0 Å². The van der Waals surface area contributed by atoms with E-state index in [1.807, 2.05) is 0 Å². The summed E-state index contributed by atoms with van der Waals surface area (Å²) >= 11 is 0. The Morgan fingerprint density at radius 3 is 2.55 bits per heavy atom. The Morgan fingerprint density at radius 1 is 1.00 bits per heavy atom. The highest BCUT2D eigenvalue weighted by molar-refractivity contribution is 5.22. The molecule has 2 aliphatic carbocycles. The van der Waals surface area contributed by atoms with E-state index >= 15 is 0 Å². The van der Waals surface area contributed by atoms with Crippen molar-refractivity contribution >= 4 is 0 Å². The molecule has 0 amide bonds. The van der Waals surface area contributed by atoms with Crippen molar-refractivity contribution in [2.24, 2.45) is 11.8 Å². The van der Waals surface area contributed by atoms with Gasteiger partial charge in [0, 0.05) is 6.04 Å². The fourth-order valence-electron chi connectivity index (χ4n) is 3.75. The van der Waals surface area contributed by atoms with Gasteiger partial charge in [0.1, 0.15) is 0 Å². The molecular formula is C19H29N. The molecule has 2 fully saturated rings.